The summed E-state index contributed by atoms with van der Waals surface area (Å²) in [6.07, 6.45) is 5.84. The van der Waals surface area contributed by atoms with E-state index >= 15 is 0 Å². The van der Waals surface area contributed by atoms with Gasteiger partial charge in [-0.1, -0.05) is 46.3 Å². The molecule has 0 aromatic heterocycles. The van der Waals surface area contributed by atoms with Gasteiger partial charge in [0.25, 0.3) is 0 Å². The van der Waals surface area contributed by atoms with Gasteiger partial charge in [0.05, 0.1) is 12.7 Å². The normalized spacial score (nSPS) is 13.3. The van der Waals surface area contributed by atoms with E-state index in [9.17, 15) is 9.59 Å². The Labute approximate surface area is 144 Å². The molecule has 0 bridgehead atoms. The van der Waals surface area contributed by atoms with Gasteiger partial charge in [0, 0.05) is 17.5 Å². The highest BCUT2D eigenvalue weighted by Gasteiger charge is 2.16. The number of methoxy groups -OCH3 is 1. The lowest BCUT2D eigenvalue weighted by molar-refractivity contribution is -0.133. The number of aliphatic imine (C=N–C) groups is 1. The fourth-order valence-corrected chi connectivity index (χ4v) is 2.09. The Balaban J connectivity index is 3.47. The summed E-state index contributed by atoms with van der Waals surface area (Å²) in [6, 6.07) is 6.88. The SMILES string of the molecule is C/C=C(/C=C(/C(=O)OC)c1ccccc1C=O)C(\C)=N/C=C/Br. The number of carbonyl (C=O) groups excluding carboxylic acids is 2. The zero-order chi connectivity index (χ0) is 17.2. The van der Waals surface area contributed by atoms with Crippen LogP contribution in [0.2, 0.25) is 0 Å². The van der Waals surface area contributed by atoms with Gasteiger partial charge >= 0.3 is 5.97 Å². The third-order valence-electron chi connectivity index (χ3n) is 3.14. The van der Waals surface area contributed by atoms with Gasteiger partial charge in [0.1, 0.15) is 0 Å². The van der Waals surface area contributed by atoms with Crippen LogP contribution >= 0.6 is 15.9 Å². The minimum absolute atomic E-state index is 0.306. The van der Waals surface area contributed by atoms with Crippen molar-refractivity contribution in [2.45, 2.75) is 13.8 Å². The lowest BCUT2D eigenvalue weighted by Crippen LogP contribution is -2.08. The molecule has 0 heterocycles. The Bertz CT molecular complexity index is 700. The number of allylic oxidation sites excluding steroid dienone is 3. The number of halogens is 1. The molecule has 0 radical (unpaired) electrons. The second-order valence-electron chi connectivity index (χ2n) is 4.49. The average Bonchev–Trinajstić information content (AvgIpc) is 2.60. The van der Waals surface area contributed by atoms with E-state index in [0.29, 0.717) is 16.7 Å². The molecule has 0 atom stereocenters. The summed E-state index contributed by atoms with van der Waals surface area (Å²) < 4.78 is 4.86. The smallest absolute Gasteiger partial charge is 0.338 e. The molecule has 0 spiro atoms. The molecule has 1 rings (SSSR count). The molecule has 4 nitrogen and oxygen atoms in total. The van der Waals surface area contributed by atoms with Crippen LogP contribution in [0.1, 0.15) is 29.8 Å². The molecule has 1 aromatic carbocycles. The summed E-state index contributed by atoms with van der Waals surface area (Å²) in [5, 5.41) is 0. The van der Waals surface area contributed by atoms with Gasteiger partial charge < -0.3 is 4.74 Å². The van der Waals surface area contributed by atoms with Crippen molar-refractivity contribution in [3.63, 3.8) is 0 Å². The second kappa shape index (κ2) is 9.69. The molecular weight excluding hydrogens is 358 g/mol. The molecule has 0 fully saturated rings. The highest BCUT2D eigenvalue weighted by molar-refractivity contribution is 9.11. The molecule has 0 aliphatic carbocycles. The molecule has 1 aromatic rings. The summed E-state index contributed by atoms with van der Waals surface area (Å²) in [5.74, 6) is -0.512. The molecule has 0 saturated heterocycles. The summed E-state index contributed by atoms with van der Waals surface area (Å²) in [7, 11) is 1.31. The van der Waals surface area contributed by atoms with Crippen LogP contribution in [0.15, 0.2) is 58.2 Å². The summed E-state index contributed by atoms with van der Waals surface area (Å²) >= 11 is 3.15. The van der Waals surface area contributed by atoms with Crippen LogP contribution in [0.25, 0.3) is 5.57 Å². The molecular formula is C18H18BrNO3. The van der Waals surface area contributed by atoms with Gasteiger partial charge in [-0.3, -0.25) is 9.79 Å². The maximum absolute atomic E-state index is 12.2. The quantitative estimate of drug-likeness (QED) is 0.244. The second-order valence-corrected chi connectivity index (χ2v) is 5.02. The van der Waals surface area contributed by atoms with Crippen molar-refractivity contribution in [1.29, 1.82) is 0 Å². The monoisotopic (exact) mass is 375 g/mol. The predicted octanol–water partition coefficient (Wildman–Crippen LogP) is 4.33. The predicted molar refractivity (Wildman–Crippen MR) is 96.8 cm³/mol. The van der Waals surface area contributed by atoms with Crippen LogP contribution in [0.4, 0.5) is 0 Å². The van der Waals surface area contributed by atoms with Gasteiger partial charge in [0.2, 0.25) is 0 Å². The van der Waals surface area contributed by atoms with Crippen molar-refractivity contribution >= 4 is 39.5 Å². The number of hydrogen-bond acceptors (Lipinski definition) is 4. The van der Waals surface area contributed by atoms with Crippen LogP contribution in [-0.4, -0.2) is 25.1 Å². The lowest BCUT2D eigenvalue weighted by atomic mass is 9.97. The van der Waals surface area contributed by atoms with E-state index in [4.69, 9.17) is 4.74 Å². The molecule has 0 amide bonds. The molecule has 23 heavy (non-hydrogen) atoms. The van der Waals surface area contributed by atoms with Crippen molar-refractivity contribution in [3.8, 4) is 0 Å². The first kappa shape index (κ1) is 18.8. The summed E-state index contributed by atoms with van der Waals surface area (Å²) in [4.78, 5) is 29.3. The maximum Gasteiger partial charge on any atom is 0.338 e. The molecule has 0 N–H and O–H groups in total. The molecule has 0 saturated carbocycles. The van der Waals surface area contributed by atoms with Gasteiger partial charge in [-0.25, -0.2) is 4.79 Å². The Morgan fingerprint density at radius 1 is 1.30 bits per heavy atom. The van der Waals surface area contributed by atoms with Crippen molar-refractivity contribution in [1.82, 2.24) is 0 Å². The van der Waals surface area contributed by atoms with Gasteiger partial charge in [-0.05, 0) is 36.0 Å². The molecule has 0 aliphatic heterocycles. The maximum atomic E-state index is 12.2. The van der Waals surface area contributed by atoms with E-state index in [1.807, 2.05) is 19.9 Å². The van der Waals surface area contributed by atoms with E-state index in [1.165, 1.54) is 7.11 Å². The van der Waals surface area contributed by atoms with Gasteiger partial charge in [-0.2, -0.15) is 0 Å². The fraction of sp³-hybridized carbons (Fsp3) is 0.167. The fourth-order valence-electron chi connectivity index (χ4n) is 1.97. The first-order valence-electron chi connectivity index (χ1n) is 6.89. The van der Waals surface area contributed by atoms with Crippen molar-refractivity contribution in [3.05, 3.63) is 64.3 Å². The Kier molecular flexibility index (Phi) is 7.91. The van der Waals surface area contributed by atoms with Gasteiger partial charge in [0.15, 0.2) is 6.29 Å². The van der Waals surface area contributed by atoms with E-state index in [2.05, 4.69) is 20.9 Å². The molecule has 5 heteroatoms. The first-order chi connectivity index (χ1) is 11.1. The minimum atomic E-state index is -0.512. The van der Waals surface area contributed by atoms with Crippen LogP contribution in [0, 0.1) is 0 Å². The number of benzene rings is 1. The van der Waals surface area contributed by atoms with Crippen LogP contribution in [0.3, 0.4) is 0 Å². The molecule has 0 unspecified atom stereocenters. The van der Waals surface area contributed by atoms with E-state index < -0.39 is 5.97 Å². The third kappa shape index (κ3) is 5.14. The average molecular weight is 376 g/mol. The van der Waals surface area contributed by atoms with E-state index in [-0.39, 0.29) is 0 Å². The topological polar surface area (TPSA) is 55.7 Å². The van der Waals surface area contributed by atoms with Crippen LogP contribution in [-0.2, 0) is 9.53 Å². The van der Waals surface area contributed by atoms with E-state index in [1.54, 1.807) is 41.5 Å². The number of rotatable bonds is 6. The highest BCUT2D eigenvalue weighted by atomic mass is 79.9. The van der Waals surface area contributed by atoms with E-state index in [0.717, 1.165) is 17.6 Å². The highest BCUT2D eigenvalue weighted by Crippen LogP contribution is 2.22. The molecule has 0 aliphatic rings. The number of nitrogens with zero attached hydrogens (tertiary/aromatic N) is 1. The standard InChI is InChI=1S/C18H18BrNO3/c1-4-14(13(2)20-10-9-19)11-17(18(22)23-3)16-8-6-5-7-15(16)12-21/h4-12H,1-3H3/b10-9+,14-4-,17-11+,20-13-. The summed E-state index contributed by atoms with van der Waals surface area (Å²) in [5.41, 5.74) is 2.75. The number of esters is 1. The first-order valence-corrected chi connectivity index (χ1v) is 7.81. The van der Waals surface area contributed by atoms with Crippen LogP contribution in [0.5, 0.6) is 0 Å². The Morgan fingerprint density at radius 2 is 2.00 bits per heavy atom. The van der Waals surface area contributed by atoms with Crippen molar-refractivity contribution in [2.24, 2.45) is 4.99 Å². The number of ether oxygens (including phenoxy) is 1. The number of aldehydes is 1. The summed E-state index contributed by atoms with van der Waals surface area (Å²) in [6.45, 7) is 3.68. The Morgan fingerprint density at radius 3 is 2.57 bits per heavy atom. The lowest BCUT2D eigenvalue weighted by Gasteiger charge is -2.10. The Hall–Kier alpha value is -2.27. The number of hydrogen-bond donors (Lipinski definition) is 0. The van der Waals surface area contributed by atoms with Crippen molar-refractivity contribution in [2.75, 3.05) is 7.11 Å². The zero-order valence-electron chi connectivity index (χ0n) is 13.2. The zero-order valence-corrected chi connectivity index (χ0v) is 14.8. The third-order valence-corrected chi connectivity index (χ3v) is 3.37. The van der Waals surface area contributed by atoms with Gasteiger partial charge in [-0.15, -0.1) is 0 Å². The van der Waals surface area contributed by atoms with Crippen molar-refractivity contribution < 1.29 is 14.3 Å². The largest absolute Gasteiger partial charge is 0.465 e. The number of carbonyl (C=O) groups is 2. The minimum Gasteiger partial charge on any atom is -0.465 e. The van der Waals surface area contributed by atoms with Crippen LogP contribution < -0.4 is 0 Å². The molecule has 120 valence electrons.